The monoisotopic (exact) mass is 223 g/mol. The van der Waals surface area contributed by atoms with Crippen molar-refractivity contribution in [2.45, 2.75) is 25.3 Å². The Hall–Kier alpha value is -1.39. The molecule has 1 aromatic rings. The van der Waals surface area contributed by atoms with E-state index in [9.17, 15) is 4.79 Å². The minimum atomic E-state index is -0.982. The maximum Gasteiger partial charge on any atom is 0.320 e. The van der Waals surface area contributed by atoms with Crippen LogP contribution in [0.4, 0.5) is 0 Å². The Morgan fingerprint density at radius 3 is 2.31 bits per heavy atom. The molecule has 1 rings (SSSR count). The summed E-state index contributed by atoms with van der Waals surface area (Å²) in [5, 5.41) is 17.3. The summed E-state index contributed by atoms with van der Waals surface area (Å²) in [6.45, 7) is 0.186. The predicted octanol–water partition coefficient (Wildman–Crippen LogP) is 0.566. The highest BCUT2D eigenvalue weighted by Gasteiger charge is 2.11. The Kier molecular flexibility index (Phi) is 4.95. The van der Waals surface area contributed by atoms with E-state index >= 15 is 0 Å². The van der Waals surface area contributed by atoms with Crippen LogP contribution in [0.5, 0.6) is 0 Å². The quantitative estimate of drug-likeness (QED) is 0.658. The highest BCUT2D eigenvalue weighted by Crippen LogP contribution is 2.08. The van der Waals surface area contributed by atoms with E-state index in [1.165, 1.54) is 0 Å². The van der Waals surface area contributed by atoms with Crippen LogP contribution in [-0.4, -0.2) is 28.8 Å². The van der Waals surface area contributed by atoms with Crippen molar-refractivity contribution in [3.63, 3.8) is 0 Å². The Morgan fingerprint density at radius 1 is 1.25 bits per heavy atom. The number of carboxylic acid groups (broad SMARTS) is 1. The minimum Gasteiger partial charge on any atom is -0.480 e. The molecule has 0 spiro atoms. The van der Waals surface area contributed by atoms with Gasteiger partial charge in [-0.2, -0.15) is 0 Å². The largest absolute Gasteiger partial charge is 0.480 e. The summed E-state index contributed by atoms with van der Waals surface area (Å²) < 4.78 is 0. The van der Waals surface area contributed by atoms with Gasteiger partial charge in [-0.1, -0.05) is 24.3 Å². The molecular weight excluding hydrogens is 206 g/mol. The summed E-state index contributed by atoms with van der Waals surface area (Å²) in [5.41, 5.74) is 7.49. The first-order valence-electron chi connectivity index (χ1n) is 5.30. The fraction of sp³-hybridized carbons (Fsp3) is 0.417. The molecule has 1 atom stereocenters. The summed E-state index contributed by atoms with van der Waals surface area (Å²) >= 11 is 0. The average Bonchev–Trinajstić information content (AvgIpc) is 2.28. The van der Waals surface area contributed by atoms with E-state index in [1.54, 1.807) is 0 Å². The molecule has 0 aliphatic rings. The molecule has 4 heteroatoms. The molecule has 16 heavy (non-hydrogen) atoms. The summed E-state index contributed by atoms with van der Waals surface area (Å²) in [6.07, 6.45) is 1.92. The van der Waals surface area contributed by atoms with E-state index < -0.39 is 12.0 Å². The maximum atomic E-state index is 10.6. The second-order valence-electron chi connectivity index (χ2n) is 3.79. The first-order chi connectivity index (χ1) is 7.63. The third-order valence-electron chi connectivity index (χ3n) is 2.42. The number of rotatable bonds is 6. The Bertz CT molecular complexity index is 335. The summed E-state index contributed by atoms with van der Waals surface area (Å²) in [5.74, 6) is -0.982. The Morgan fingerprint density at radius 2 is 1.81 bits per heavy atom. The molecule has 4 N–H and O–H groups in total. The number of aliphatic hydroxyl groups is 1. The molecule has 88 valence electrons. The van der Waals surface area contributed by atoms with Crippen LogP contribution in [0, 0.1) is 0 Å². The van der Waals surface area contributed by atoms with Gasteiger partial charge in [0, 0.05) is 6.61 Å². The zero-order valence-electron chi connectivity index (χ0n) is 9.10. The van der Waals surface area contributed by atoms with Crippen molar-refractivity contribution < 1.29 is 15.0 Å². The molecule has 0 radical (unpaired) electrons. The van der Waals surface area contributed by atoms with Gasteiger partial charge in [-0.3, -0.25) is 4.79 Å². The summed E-state index contributed by atoms with van der Waals surface area (Å²) in [7, 11) is 0. The summed E-state index contributed by atoms with van der Waals surface area (Å²) in [6, 6.07) is 6.81. The van der Waals surface area contributed by atoms with Gasteiger partial charge in [0.25, 0.3) is 0 Å². The van der Waals surface area contributed by atoms with E-state index in [4.69, 9.17) is 15.9 Å². The maximum absolute atomic E-state index is 10.6. The van der Waals surface area contributed by atoms with Crippen LogP contribution in [0.1, 0.15) is 17.5 Å². The van der Waals surface area contributed by atoms with Crippen LogP contribution in [-0.2, 0) is 17.6 Å². The average molecular weight is 223 g/mol. The van der Waals surface area contributed by atoms with Crippen molar-refractivity contribution in [3.8, 4) is 0 Å². The normalized spacial score (nSPS) is 12.4. The van der Waals surface area contributed by atoms with Gasteiger partial charge in [0.05, 0.1) is 0 Å². The van der Waals surface area contributed by atoms with Crippen molar-refractivity contribution >= 4 is 5.97 Å². The molecule has 0 aliphatic heterocycles. The second kappa shape index (κ2) is 6.25. The fourth-order valence-electron chi connectivity index (χ4n) is 1.47. The lowest BCUT2D eigenvalue weighted by molar-refractivity contribution is -0.138. The molecule has 0 saturated heterocycles. The minimum absolute atomic E-state index is 0.186. The fourth-order valence-corrected chi connectivity index (χ4v) is 1.47. The topological polar surface area (TPSA) is 83.5 Å². The molecular formula is C12H17NO3. The van der Waals surface area contributed by atoms with Gasteiger partial charge in [0.2, 0.25) is 0 Å². The SMILES string of the molecule is NC(Cc1ccc(CCCO)cc1)C(=O)O. The molecule has 0 aromatic heterocycles. The molecule has 0 fully saturated rings. The van der Waals surface area contributed by atoms with Crippen molar-refractivity contribution in [2.75, 3.05) is 6.61 Å². The molecule has 4 nitrogen and oxygen atoms in total. The van der Waals surface area contributed by atoms with Crippen LogP contribution in [0.25, 0.3) is 0 Å². The van der Waals surface area contributed by atoms with E-state index in [1.807, 2.05) is 24.3 Å². The van der Waals surface area contributed by atoms with Gasteiger partial charge < -0.3 is 15.9 Å². The predicted molar refractivity (Wildman–Crippen MR) is 61.2 cm³/mol. The number of hydrogen-bond acceptors (Lipinski definition) is 3. The van der Waals surface area contributed by atoms with Crippen molar-refractivity contribution in [1.29, 1.82) is 0 Å². The lowest BCUT2D eigenvalue weighted by atomic mass is 10.0. The van der Waals surface area contributed by atoms with Gasteiger partial charge in [-0.15, -0.1) is 0 Å². The van der Waals surface area contributed by atoms with Crippen molar-refractivity contribution in [1.82, 2.24) is 0 Å². The van der Waals surface area contributed by atoms with Gasteiger partial charge in [-0.05, 0) is 30.4 Å². The summed E-state index contributed by atoms with van der Waals surface area (Å²) in [4.78, 5) is 10.6. The zero-order chi connectivity index (χ0) is 12.0. The van der Waals surface area contributed by atoms with Crippen LogP contribution in [0.2, 0.25) is 0 Å². The first kappa shape index (κ1) is 12.7. The van der Waals surface area contributed by atoms with E-state index in [-0.39, 0.29) is 6.61 Å². The number of nitrogens with two attached hydrogens (primary N) is 1. The molecule has 0 aliphatic carbocycles. The lowest BCUT2D eigenvalue weighted by Crippen LogP contribution is -2.32. The number of aliphatic hydroxyl groups excluding tert-OH is 1. The van der Waals surface area contributed by atoms with Crippen molar-refractivity contribution in [3.05, 3.63) is 35.4 Å². The van der Waals surface area contributed by atoms with E-state index in [2.05, 4.69) is 0 Å². The van der Waals surface area contributed by atoms with Gasteiger partial charge in [-0.25, -0.2) is 0 Å². The highest BCUT2D eigenvalue weighted by atomic mass is 16.4. The van der Waals surface area contributed by atoms with Gasteiger partial charge in [0.1, 0.15) is 6.04 Å². The lowest BCUT2D eigenvalue weighted by Gasteiger charge is -2.07. The molecule has 0 saturated carbocycles. The zero-order valence-corrected chi connectivity index (χ0v) is 9.10. The third kappa shape index (κ3) is 4.00. The number of carboxylic acids is 1. The smallest absolute Gasteiger partial charge is 0.320 e. The number of carbonyl (C=O) groups is 1. The van der Waals surface area contributed by atoms with E-state index in [0.717, 1.165) is 24.0 Å². The molecule has 1 unspecified atom stereocenters. The first-order valence-corrected chi connectivity index (χ1v) is 5.30. The molecule has 1 aromatic carbocycles. The van der Waals surface area contributed by atoms with E-state index in [0.29, 0.717) is 6.42 Å². The van der Waals surface area contributed by atoms with Gasteiger partial charge >= 0.3 is 5.97 Å². The number of benzene rings is 1. The standard InChI is InChI=1S/C12H17NO3/c13-11(12(15)16)8-10-5-3-9(4-6-10)2-1-7-14/h3-6,11,14H,1-2,7-8,13H2,(H,15,16). The van der Waals surface area contributed by atoms with Crippen LogP contribution < -0.4 is 5.73 Å². The Labute approximate surface area is 94.7 Å². The number of aryl methyl sites for hydroxylation is 1. The van der Waals surface area contributed by atoms with Crippen LogP contribution >= 0.6 is 0 Å². The molecule has 0 heterocycles. The third-order valence-corrected chi connectivity index (χ3v) is 2.42. The van der Waals surface area contributed by atoms with Crippen LogP contribution in [0.15, 0.2) is 24.3 Å². The Balaban J connectivity index is 2.54. The van der Waals surface area contributed by atoms with Crippen molar-refractivity contribution in [2.24, 2.45) is 5.73 Å². The highest BCUT2D eigenvalue weighted by molar-refractivity contribution is 5.73. The molecule has 0 bridgehead atoms. The number of hydrogen-bond donors (Lipinski definition) is 3. The second-order valence-corrected chi connectivity index (χ2v) is 3.79. The van der Waals surface area contributed by atoms with Crippen LogP contribution in [0.3, 0.4) is 0 Å². The number of aliphatic carboxylic acids is 1. The van der Waals surface area contributed by atoms with Gasteiger partial charge in [0.15, 0.2) is 0 Å². The molecule has 0 amide bonds.